The number of ketones is 1. The maximum absolute atomic E-state index is 12.2. The zero-order valence-electron chi connectivity index (χ0n) is 16.5. The highest BCUT2D eigenvalue weighted by Crippen LogP contribution is 2.27. The van der Waals surface area contributed by atoms with Crippen molar-refractivity contribution < 1.29 is 9.53 Å². The van der Waals surface area contributed by atoms with Crippen LogP contribution in [0.3, 0.4) is 0 Å². The van der Waals surface area contributed by atoms with Gasteiger partial charge in [-0.05, 0) is 23.3 Å². The van der Waals surface area contributed by atoms with Crippen LogP contribution in [0.4, 0.5) is 0 Å². The van der Waals surface area contributed by atoms with Gasteiger partial charge in [-0.25, -0.2) is 4.98 Å². The molecule has 0 unspecified atom stereocenters. The van der Waals surface area contributed by atoms with E-state index in [1.54, 1.807) is 31.1 Å². The van der Waals surface area contributed by atoms with Gasteiger partial charge < -0.3 is 9.72 Å². The number of carbonyl (C=O) groups is 1. The zero-order valence-corrected chi connectivity index (χ0v) is 16.5. The van der Waals surface area contributed by atoms with E-state index in [1.165, 1.54) is 5.56 Å². The molecule has 2 aromatic carbocycles. The van der Waals surface area contributed by atoms with Crippen LogP contribution in [0.5, 0.6) is 5.75 Å². The summed E-state index contributed by atoms with van der Waals surface area (Å²) >= 11 is 0. The molecule has 30 heavy (non-hydrogen) atoms. The average Bonchev–Trinajstić information content (AvgIpc) is 3.31. The summed E-state index contributed by atoms with van der Waals surface area (Å²) in [5.41, 5.74) is 4.79. The van der Waals surface area contributed by atoms with Crippen LogP contribution < -0.4 is 4.74 Å². The van der Waals surface area contributed by atoms with Gasteiger partial charge in [-0.1, -0.05) is 36.4 Å². The third kappa shape index (κ3) is 5.17. The Bertz CT molecular complexity index is 1080. The molecule has 6 nitrogen and oxygen atoms in total. The Balaban J connectivity index is 1.29. The number of carbonyl (C=O) groups excluding carboxylic acids is 1. The van der Waals surface area contributed by atoms with Crippen molar-refractivity contribution in [2.75, 3.05) is 6.61 Å². The lowest BCUT2D eigenvalue weighted by molar-refractivity contribution is -0.117. The normalized spacial score (nSPS) is 10.7. The van der Waals surface area contributed by atoms with E-state index in [2.05, 4.69) is 32.1 Å². The summed E-state index contributed by atoms with van der Waals surface area (Å²) < 4.78 is 6.01. The molecule has 0 fully saturated rings. The van der Waals surface area contributed by atoms with Crippen LogP contribution in [-0.2, 0) is 24.1 Å². The van der Waals surface area contributed by atoms with Gasteiger partial charge in [-0.15, -0.1) is 0 Å². The molecule has 0 amide bonds. The number of H-pyrrole nitrogens is 1. The largest absolute Gasteiger partial charge is 0.493 e. The van der Waals surface area contributed by atoms with Crippen LogP contribution in [0, 0.1) is 0 Å². The Morgan fingerprint density at radius 1 is 0.900 bits per heavy atom. The van der Waals surface area contributed by atoms with Crippen LogP contribution in [-0.4, -0.2) is 32.3 Å². The molecule has 0 atom stereocenters. The van der Waals surface area contributed by atoms with Crippen LogP contribution in [0.25, 0.3) is 11.3 Å². The molecule has 6 heteroatoms. The molecule has 1 N–H and O–H groups in total. The van der Waals surface area contributed by atoms with Crippen molar-refractivity contribution in [1.29, 1.82) is 0 Å². The summed E-state index contributed by atoms with van der Waals surface area (Å²) in [4.78, 5) is 27.6. The quantitative estimate of drug-likeness (QED) is 0.463. The number of aromatic amines is 1. The van der Waals surface area contributed by atoms with Crippen molar-refractivity contribution in [2.24, 2.45) is 0 Å². The second-order valence-electron chi connectivity index (χ2n) is 6.97. The van der Waals surface area contributed by atoms with Gasteiger partial charge in [0.1, 0.15) is 11.5 Å². The van der Waals surface area contributed by atoms with E-state index in [1.807, 2.05) is 36.4 Å². The minimum Gasteiger partial charge on any atom is -0.493 e. The highest BCUT2D eigenvalue weighted by atomic mass is 16.5. The van der Waals surface area contributed by atoms with Gasteiger partial charge in [0.25, 0.3) is 0 Å². The van der Waals surface area contributed by atoms with Crippen LogP contribution in [0.1, 0.15) is 16.8 Å². The summed E-state index contributed by atoms with van der Waals surface area (Å²) in [5.74, 6) is 0.954. The van der Waals surface area contributed by atoms with E-state index >= 15 is 0 Å². The Labute approximate surface area is 175 Å². The topological polar surface area (TPSA) is 80.8 Å². The molecule has 0 spiro atoms. The van der Waals surface area contributed by atoms with Gasteiger partial charge in [0.15, 0.2) is 0 Å². The third-order valence-corrected chi connectivity index (χ3v) is 4.74. The number of rotatable bonds is 9. The number of ether oxygens (including phenoxy) is 1. The molecule has 0 aliphatic rings. The first-order valence-corrected chi connectivity index (χ1v) is 9.83. The lowest BCUT2D eigenvalue weighted by Gasteiger charge is -2.10. The summed E-state index contributed by atoms with van der Waals surface area (Å²) in [7, 11) is 0. The van der Waals surface area contributed by atoms with Crippen LogP contribution >= 0.6 is 0 Å². The van der Waals surface area contributed by atoms with Crippen molar-refractivity contribution in [2.45, 2.75) is 19.3 Å². The molecule has 0 aliphatic carbocycles. The maximum atomic E-state index is 12.2. The molecule has 150 valence electrons. The highest BCUT2D eigenvalue weighted by molar-refractivity contribution is 5.82. The zero-order chi connectivity index (χ0) is 20.6. The average molecular weight is 398 g/mol. The molecule has 0 saturated carbocycles. The molecule has 0 radical (unpaired) electrons. The number of imidazole rings is 1. The Morgan fingerprint density at radius 2 is 1.73 bits per heavy atom. The van der Waals surface area contributed by atoms with Crippen molar-refractivity contribution in [3.63, 3.8) is 0 Å². The minimum absolute atomic E-state index is 0.127. The monoisotopic (exact) mass is 398 g/mol. The molecular formula is C24H22N4O2. The Hall–Kier alpha value is -3.80. The van der Waals surface area contributed by atoms with Crippen molar-refractivity contribution in [1.82, 2.24) is 19.9 Å². The summed E-state index contributed by atoms with van der Waals surface area (Å²) in [6, 6.07) is 16.0. The predicted octanol–water partition coefficient (Wildman–Crippen LogP) is 3.84. The van der Waals surface area contributed by atoms with Gasteiger partial charge >= 0.3 is 0 Å². The molecule has 2 aromatic heterocycles. The Morgan fingerprint density at radius 3 is 2.50 bits per heavy atom. The third-order valence-electron chi connectivity index (χ3n) is 4.74. The number of nitrogens with one attached hydrogen (secondary N) is 1. The number of Topliss-reactive ketones (excluding diaryl/α,β-unsaturated/α-hetero) is 1. The first-order chi connectivity index (χ1) is 14.8. The van der Waals surface area contributed by atoms with Gasteiger partial charge in [0.05, 0.1) is 36.9 Å². The van der Waals surface area contributed by atoms with Crippen molar-refractivity contribution in [3.8, 4) is 17.0 Å². The van der Waals surface area contributed by atoms with Gasteiger partial charge in [-0.3, -0.25) is 14.8 Å². The summed E-state index contributed by atoms with van der Waals surface area (Å²) in [5, 5.41) is 0. The smallest absolute Gasteiger partial charge is 0.143 e. The standard InChI is InChI=1S/C24H22N4O2/c29-21(14-20-15-25-10-11-27-20)13-19-7-5-18(6-8-19)9-12-30-24-4-2-1-3-22(24)23-16-26-17-28-23/h1-8,10-11,15-17H,9,12-14H2,(H,26,28). The fraction of sp³-hybridized carbons (Fsp3) is 0.167. The van der Waals surface area contributed by atoms with Gasteiger partial charge in [0, 0.05) is 37.0 Å². The number of nitrogens with zero attached hydrogens (tertiary/aromatic N) is 3. The molecular weight excluding hydrogens is 376 g/mol. The molecule has 4 rings (SSSR count). The van der Waals surface area contributed by atoms with Gasteiger partial charge in [0.2, 0.25) is 0 Å². The second-order valence-corrected chi connectivity index (χ2v) is 6.97. The number of para-hydroxylation sites is 1. The number of hydrogen-bond acceptors (Lipinski definition) is 5. The second kappa shape index (κ2) is 9.60. The van der Waals surface area contributed by atoms with E-state index in [-0.39, 0.29) is 5.78 Å². The number of hydrogen-bond donors (Lipinski definition) is 1. The van der Waals surface area contributed by atoms with E-state index in [4.69, 9.17) is 4.74 Å². The Kier molecular flexibility index (Phi) is 6.25. The van der Waals surface area contributed by atoms with E-state index in [9.17, 15) is 4.79 Å². The van der Waals surface area contributed by atoms with E-state index in [0.717, 1.165) is 29.0 Å². The lowest BCUT2D eigenvalue weighted by Crippen LogP contribution is -2.08. The SMILES string of the molecule is O=C(Cc1ccc(CCOc2ccccc2-c2cnc[nH]2)cc1)Cc1cnccn1. The summed E-state index contributed by atoms with van der Waals surface area (Å²) in [6.45, 7) is 0.566. The first-order valence-electron chi connectivity index (χ1n) is 9.83. The van der Waals surface area contributed by atoms with Crippen LogP contribution in [0.2, 0.25) is 0 Å². The van der Waals surface area contributed by atoms with E-state index < -0.39 is 0 Å². The van der Waals surface area contributed by atoms with Crippen molar-refractivity contribution in [3.05, 3.63) is 96.5 Å². The molecule has 4 aromatic rings. The predicted molar refractivity (Wildman–Crippen MR) is 114 cm³/mol. The fourth-order valence-corrected chi connectivity index (χ4v) is 3.23. The molecule has 0 bridgehead atoms. The van der Waals surface area contributed by atoms with Gasteiger partial charge in [-0.2, -0.15) is 0 Å². The van der Waals surface area contributed by atoms with Crippen molar-refractivity contribution >= 4 is 5.78 Å². The minimum atomic E-state index is 0.127. The van der Waals surface area contributed by atoms with Crippen LogP contribution in [0.15, 0.2) is 79.6 Å². The number of benzene rings is 2. The molecule has 2 heterocycles. The van der Waals surface area contributed by atoms with E-state index in [0.29, 0.717) is 25.1 Å². The highest BCUT2D eigenvalue weighted by Gasteiger charge is 2.08. The summed E-state index contributed by atoms with van der Waals surface area (Å²) in [6.07, 6.45) is 9.76. The molecule has 0 aliphatic heterocycles. The first kappa shape index (κ1) is 19.5. The fourth-order valence-electron chi connectivity index (χ4n) is 3.23. The maximum Gasteiger partial charge on any atom is 0.143 e. The molecule has 0 saturated heterocycles. The number of aromatic nitrogens is 4. The lowest BCUT2D eigenvalue weighted by atomic mass is 10.0.